The molecule has 0 spiro atoms. The number of benzene rings is 2. The molecule has 21 heavy (non-hydrogen) atoms. The summed E-state index contributed by atoms with van der Waals surface area (Å²) in [4.78, 5) is 0. The van der Waals surface area contributed by atoms with E-state index in [0.717, 1.165) is 10.9 Å². The van der Waals surface area contributed by atoms with Crippen molar-refractivity contribution in [2.24, 2.45) is 5.92 Å². The van der Waals surface area contributed by atoms with E-state index in [-0.39, 0.29) is 0 Å². The zero-order chi connectivity index (χ0) is 14.4. The van der Waals surface area contributed by atoms with Crippen LogP contribution in [-0.4, -0.2) is 0 Å². The van der Waals surface area contributed by atoms with Gasteiger partial charge in [0.15, 0.2) is 0 Å². The lowest BCUT2D eigenvalue weighted by atomic mass is 9.77. The van der Waals surface area contributed by atoms with Crippen LogP contribution in [0.4, 0.5) is 5.69 Å². The molecule has 1 nitrogen and oxygen atoms in total. The van der Waals surface area contributed by atoms with Crippen molar-refractivity contribution in [2.45, 2.75) is 25.3 Å². The molecule has 4 rings (SSSR count). The summed E-state index contributed by atoms with van der Waals surface area (Å²) in [6.45, 7) is 2.14. The molecule has 2 heteroatoms. The van der Waals surface area contributed by atoms with Gasteiger partial charge in [-0.3, -0.25) is 0 Å². The second kappa shape index (κ2) is 5.03. The molecule has 1 aliphatic heterocycles. The second-order valence-corrected chi connectivity index (χ2v) is 6.94. The molecule has 0 amide bonds. The first-order valence-corrected chi connectivity index (χ1v) is 8.31. The summed E-state index contributed by atoms with van der Waals surface area (Å²) in [6, 6.07) is 15.9. The van der Waals surface area contributed by atoms with Crippen LogP contribution in [0, 0.1) is 12.8 Å². The maximum absolute atomic E-state index is 3.79. The molecule has 0 aromatic heterocycles. The van der Waals surface area contributed by atoms with Gasteiger partial charge in [-0.2, -0.15) is 0 Å². The van der Waals surface area contributed by atoms with Crippen LogP contribution >= 0.6 is 15.9 Å². The maximum Gasteiger partial charge on any atom is 0.0554 e. The number of hydrogen-bond acceptors (Lipinski definition) is 1. The summed E-state index contributed by atoms with van der Waals surface area (Å²) in [6.07, 6.45) is 5.88. The molecule has 0 unspecified atom stereocenters. The Morgan fingerprint density at radius 1 is 1.10 bits per heavy atom. The molecule has 1 N–H and O–H groups in total. The molecule has 2 aliphatic rings. The predicted molar refractivity (Wildman–Crippen MR) is 91.7 cm³/mol. The fourth-order valence-electron chi connectivity index (χ4n) is 3.69. The molecule has 0 radical (unpaired) electrons. The van der Waals surface area contributed by atoms with Gasteiger partial charge in [0.25, 0.3) is 0 Å². The normalized spacial score (nSPS) is 26.1. The second-order valence-electron chi connectivity index (χ2n) is 6.09. The highest BCUT2D eigenvalue weighted by Crippen LogP contribution is 2.51. The Hall–Kier alpha value is -1.54. The third kappa shape index (κ3) is 2.13. The molecular weight excluding hydrogens is 322 g/mol. The Kier molecular flexibility index (Phi) is 3.15. The summed E-state index contributed by atoms with van der Waals surface area (Å²) < 4.78 is 1.16. The molecule has 3 atom stereocenters. The van der Waals surface area contributed by atoms with Crippen LogP contribution in [0.5, 0.6) is 0 Å². The zero-order valence-electron chi connectivity index (χ0n) is 12.0. The van der Waals surface area contributed by atoms with Gasteiger partial charge in [0.1, 0.15) is 0 Å². The average Bonchev–Trinajstić information content (AvgIpc) is 2.98. The van der Waals surface area contributed by atoms with Gasteiger partial charge in [-0.05, 0) is 52.4 Å². The van der Waals surface area contributed by atoms with Crippen molar-refractivity contribution in [3.05, 3.63) is 75.8 Å². The molecule has 2 aromatic rings. The standard InChI is InChI=1S/C19H18BrN/c1-12-8-10-13(11-9-12)18-15-5-2-4-14(15)16-6-3-7-17(20)19(16)21-18/h2-4,6-11,14-15,18,21H,5H2,1H3/t14-,15-,18-/m0/s1. The Balaban J connectivity index is 1.81. The van der Waals surface area contributed by atoms with E-state index in [1.165, 1.54) is 22.4 Å². The zero-order valence-corrected chi connectivity index (χ0v) is 13.6. The van der Waals surface area contributed by atoms with E-state index in [1.807, 2.05) is 0 Å². The van der Waals surface area contributed by atoms with E-state index in [1.54, 1.807) is 0 Å². The number of nitrogens with one attached hydrogen (secondary N) is 1. The molecule has 0 fully saturated rings. The van der Waals surface area contributed by atoms with Crippen LogP contribution in [0.2, 0.25) is 0 Å². The fraction of sp³-hybridized carbons (Fsp3) is 0.263. The van der Waals surface area contributed by atoms with Crippen molar-refractivity contribution in [1.82, 2.24) is 0 Å². The summed E-state index contributed by atoms with van der Waals surface area (Å²) in [7, 11) is 0. The summed E-state index contributed by atoms with van der Waals surface area (Å²) in [5.41, 5.74) is 5.39. The average molecular weight is 340 g/mol. The lowest BCUT2D eigenvalue weighted by Crippen LogP contribution is -2.29. The highest BCUT2D eigenvalue weighted by Gasteiger charge is 2.38. The minimum atomic E-state index is 0.386. The van der Waals surface area contributed by atoms with E-state index in [4.69, 9.17) is 0 Å². The highest BCUT2D eigenvalue weighted by molar-refractivity contribution is 9.10. The van der Waals surface area contributed by atoms with Crippen LogP contribution in [0.1, 0.15) is 35.1 Å². The number of para-hydroxylation sites is 1. The van der Waals surface area contributed by atoms with Crippen molar-refractivity contribution < 1.29 is 0 Å². The highest BCUT2D eigenvalue weighted by atomic mass is 79.9. The van der Waals surface area contributed by atoms with Crippen LogP contribution in [0.3, 0.4) is 0 Å². The SMILES string of the molecule is Cc1ccc([C@@H]2Nc3c(Br)cccc3[C@H]3C=CC[C@@H]32)cc1. The van der Waals surface area contributed by atoms with Crippen LogP contribution < -0.4 is 5.32 Å². The molecule has 1 aliphatic carbocycles. The fourth-order valence-corrected chi connectivity index (χ4v) is 4.18. The molecule has 2 aromatic carbocycles. The molecule has 0 saturated heterocycles. The van der Waals surface area contributed by atoms with Crippen LogP contribution in [0.15, 0.2) is 59.1 Å². The topological polar surface area (TPSA) is 12.0 Å². The predicted octanol–water partition coefficient (Wildman–Crippen LogP) is 5.58. The van der Waals surface area contributed by atoms with Crippen LogP contribution in [-0.2, 0) is 0 Å². The van der Waals surface area contributed by atoms with Crippen LogP contribution in [0.25, 0.3) is 0 Å². The summed E-state index contributed by atoms with van der Waals surface area (Å²) >= 11 is 3.70. The first-order valence-electron chi connectivity index (χ1n) is 7.52. The Bertz CT molecular complexity index is 702. The van der Waals surface area contributed by atoms with Gasteiger partial charge in [0.05, 0.1) is 11.7 Å². The van der Waals surface area contributed by atoms with Crippen molar-refractivity contribution in [3.8, 4) is 0 Å². The molecular formula is C19H18BrN. The van der Waals surface area contributed by atoms with Gasteiger partial charge in [-0.1, -0.05) is 54.1 Å². The maximum atomic E-state index is 3.79. The van der Waals surface area contributed by atoms with Gasteiger partial charge in [0.2, 0.25) is 0 Å². The first kappa shape index (κ1) is 13.1. The van der Waals surface area contributed by atoms with E-state index >= 15 is 0 Å². The van der Waals surface area contributed by atoms with Gasteiger partial charge >= 0.3 is 0 Å². The number of anilines is 1. The summed E-state index contributed by atoms with van der Waals surface area (Å²) in [5, 5.41) is 3.79. The minimum absolute atomic E-state index is 0.386. The number of hydrogen-bond donors (Lipinski definition) is 1. The lowest BCUT2D eigenvalue weighted by molar-refractivity contribution is 0.425. The van der Waals surface area contributed by atoms with E-state index in [0.29, 0.717) is 17.9 Å². The third-order valence-electron chi connectivity index (χ3n) is 4.78. The van der Waals surface area contributed by atoms with Crippen molar-refractivity contribution in [3.63, 3.8) is 0 Å². The van der Waals surface area contributed by atoms with E-state index in [9.17, 15) is 0 Å². The number of fused-ring (bicyclic) bond motifs is 3. The molecule has 106 valence electrons. The monoisotopic (exact) mass is 339 g/mol. The molecule has 0 bridgehead atoms. The molecule has 1 heterocycles. The lowest BCUT2D eigenvalue weighted by Gasteiger charge is -2.38. The van der Waals surface area contributed by atoms with Crippen molar-refractivity contribution in [2.75, 3.05) is 5.32 Å². The van der Waals surface area contributed by atoms with Gasteiger partial charge in [-0.15, -0.1) is 0 Å². The first-order chi connectivity index (χ1) is 10.2. The molecule has 0 saturated carbocycles. The van der Waals surface area contributed by atoms with Gasteiger partial charge < -0.3 is 5.32 Å². The Labute approximate surface area is 134 Å². The van der Waals surface area contributed by atoms with E-state index in [2.05, 4.69) is 82.8 Å². The Morgan fingerprint density at radius 2 is 1.90 bits per heavy atom. The summed E-state index contributed by atoms with van der Waals surface area (Å²) in [5.74, 6) is 1.15. The number of halogens is 1. The number of allylic oxidation sites excluding steroid dienone is 2. The number of aryl methyl sites for hydroxylation is 1. The smallest absolute Gasteiger partial charge is 0.0554 e. The third-order valence-corrected chi connectivity index (χ3v) is 5.44. The van der Waals surface area contributed by atoms with E-state index < -0.39 is 0 Å². The van der Waals surface area contributed by atoms with Crippen molar-refractivity contribution in [1.29, 1.82) is 0 Å². The Morgan fingerprint density at radius 3 is 2.71 bits per heavy atom. The number of rotatable bonds is 1. The quantitative estimate of drug-likeness (QED) is 0.668. The van der Waals surface area contributed by atoms with Gasteiger partial charge in [0, 0.05) is 10.4 Å². The largest absolute Gasteiger partial charge is 0.377 e. The van der Waals surface area contributed by atoms with Crippen molar-refractivity contribution >= 4 is 21.6 Å². The van der Waals surface area contributed by atoms with Gasteiger partial charge in [-0.25, -0.2) is 0 Å². The minimum Gasteiger partial charge on any atom is -0.377 e.